The molecule has 7 heteroatoms. The third-order valence-electron chi connectivity index (χ3n) is 5.42. The highest BCUT2D eigenvalue weighted by Gasteiger charge is 2.17. The van der Waals surface area contributed by atoms with E-state index in [0.717, 1.165) is 22.1 Å². The maximum atomic E-state index is 13.1. The van der Waals surface area contributed by atoms with Crippen LogP contribution in [0.4, 0.5) is 0 Å². The molecule has 0 unspecified atom stereocenters. The first-order valence-corrected chi connectivity index (χ1v) is 10.4. The van der Waals surface area contributed by atoms with Crippen molar-refractivity contribution in [2.45, 2.75) is 47.0 Å². The van der Waals surface area contributed by atoms with Gasteiger partial charge in [0.1, 0.15) is 6.61 Å². The van der Waals surface area contributed by atoms with Crippen molar-refractivity contribution in [1.82, 2.24) is 14.3 Å². The zero-order chi connectivity index (χ0) is 22.0. The Bertz CT molecular complexity index is 1330. The molecule has 4 rings (SSSR count). The highest BCUT2D eigenvalue weighted by atomic mass is 16.5. The number of fused-ring (bicyclic) bond motifs is 1. The van der Waals surface area contributed by atoms with E-state index in [1.807, 2.05) is 57.2 Å². The minimum atomic E-state index is -0.386. The van der Waals surface area contributed by atoms with E-state index in [2.05, 4.69) is 5.10 Å². The van der Waals surface area contributed by atoms with Gasteiger partial charge in [0.25, 0.3) is 0 Å². The highest BCUT2D eigenvalue weighted by Crippen LogP contribution is 2.23. The SMILES string of the molecule is CCc1coc(=O)c2cc(C)c(-n3nc(COCc4ccccc4)n(CC)c3=O)cc12. The number of ether oxygens (including phenoxy) is 1. The Morgan fingerprint density at radius 2 is 1.81 bits per heavy atom. The van der Waals surface area contributed by atoms with Crippen molar-refractivity contribution in [3.05, 3.63) is 92.1 Å². The summed E-state index contributed by atoms with van der Waals surface area (Å²) in [7, 11) is 0. The first-order chi connectivity index (χ1) is 15.0. The van der Waals surface area contributed by atoms with Crippen molar-refractivity contribution >= 4 is 10.8 Å². The van der Waals surface area contributed by atoms with Crippen LogP contribution in [0, 0.1) is 6.92 Å². The molecule has 0 aliphatic carbocycles. The van der Waals surface area contributed by atoms with Gasteiger partial charge in [-0.25, -0.2) is 9.59 Å². The van der Waals surface area contributed by atoms with Crippen LogP contribution in [-0.2, 0) is 30.9 Å². The third-order valence-corrected chi connectivity index (χ3v) is 5.42. The minimum Gasteiger partial charge on any atom is -0.431 e. The summed E-state index contributed by atoms with van der Waals surface area (Å²) in [5, 5.41) is 5.85. The van der Waals surface area contributed by atoms with Gasteiger partial charge in [-0.2, -0.15) is 4.68 Å². The Hall–Kier alpha value is -3.45. The lowest BCUT2D eigenvalue weighted by atomic mass is 10.0. The van der Waals surface area contributed by atoms with Gasteiger partial charge in [0.05, 0.1) is 23.9 Å². The molecule has 4 aromatic rings. The van der Waals surface area contributed by atoms with E-state index in [-0.39, 0.29) is 17.9 Å². The predicted octanol–water partition coefficient (Wildman–Crippen LogP) is 3.75. The van der Waals surface area contributed by atoms with Gasteiger partial charge in [0.15, 0.2) is 5.82 Å². The number of benzene rings is 2. The van der Waals surface area contributed by atoms with Crippen molar-refractivity contribution in [3.63, 3.8) is 0 Å². The molecule has 0 fully saturated rings. The van der Waals surface area contributed by atoms with Crippen LogP contribution in [0.5, 0.6) is 0 Å². The summed E-state index contributed by atoms with van der Waals surface area (Å²) in [5.74, 6) is 0.561. The molecule has 0 atom stereocenters. The van der Waals surface area contributed by atoms with Gasteiger partial charge in [0.2, 0.25) is 0 Å². The summed E-state index contributed by atoms with van der Waals surface area (Å²) in [6.07, 6.45) is 2.19. The van der Waals surface area contributed by atoms with E-state index >= 15 is 0 Å². The van der Waals surface area contributed by atoms with Crippen molar-refractivity contribution in [3.8, 4) is 5.69 Å². The Kier molecular flexibility index (Phi) is 5.86. The van der Waals surface area contributed by atoms with Gasteiger partial charge in [0, 0.05) is 6.54 Å². The molecule has 0 amide bonds. The average Bonchev–Trinajstić information content (AvgIpc) is 3.09. The second-order valence-corrected chi connectivity index (χ2v) is 7.42. The summed E-state index contributed by atoms with van der Waals surface area (Å²) in [5.41, 5.74) is 2.77. The second-order valence-electron chi connectivity index (χ2n) is 7.42. The van der Waals surface area contributed by atoms with Crippen LogP contribution < -0.4 is 11.3 Å². The number of aryl methyl sites for hydroxylation is 2. The summed E-state index contributed by atoms with van der Waals surface area (Å²) in [6.45, 7) is 6.91. The number of hydrogen-bond acceptors (Lipinski definition) is 5. The zero-order valence-corrected chi connectivity index (χ0v) is 17.9. The molecule has 0 radical (unpaired) electrons. The number of hydrogen-bond donors (Lipinski definition) is 0. The van der Waals surface area contributed by atoms with Crippen molar-refractivity contribution in [1.29, 1.82) is 0 Å². The van der Waals surface area contributed by atoms with Crippen LogP contribution in [0.15, 0.2) is 62.7 Å². The first-order valence-electron chi connectivity index (χ1n) is 10.4. The fraction of sp³-hybridized carbons (Fsp3) is 0.292. The second kappa shape index (κ2) is 8.73. The fourth-order valence-corrected chi connectivity index (χ4v) is 3.74. The van der Waals surface area contributed by atoms with Gasteiger partial charge in [-0.3, -0.25) is 4.57 Å². The molecule has 0 bridgehead atoms. The molecule has 0 N–H and O–H groups in total. The molecular formula is C24H25N3O4. The molecule has 2 aromatic heterocycles. The van der Waals surface area contributed by atoms with Crippen LogP contribution in [-0.4, -0.2) is 14.3 Å². The minimum absolute atomic E-state index is 0.224. The maximum absolute atomic E-state index is 13.1. The van der Waals surface area contributed by atoms with Gasteiger partial charge < -0.3 is 9.15 Å². The largest absolute Gasteiger partial charge is 0.431 e. The lowest BCUT2D eigenvalue weighted by molar-refractivity contribution is 0.0989. The smallest absolute Gasteiger partial charge is 0.350 e. The molecular weight excluding hydrogens is 394 g/mol. The molecule has 160 valence electrons. The van der Waals surface area contributed by atoms with Gasteiger partial charge in [-0.05, 0) is 54.5 Å². The molecule has 2 aromatic carbocycles. The standard InChI is InChI=1S/C24H25N3O4/c1-4-18-14-31-23(28)20-11-16(3)21(12-19(18)20)27-24(29)26(5-2)22(25-27)15-30-13-17-9-7-6-8-10-17/h6-12,14H,4-5,13,15H2,1-3H3. The molecule has 2 heterocycles. The zero-order valence-electron chi connectivity index (χ0n) is 17.9. The first kappa shape index (κ1) is 20.8. The Morgan fingerprint density at radius 1 is 1.03 bits per heavy atom. The molecule has 0 saturated heterocycles. The lowest BCUT2D eigenvalue weighted by Gasteiger charge is -2.09. The van der Waals surface area contributed by atoms with E-state index < -0.39 is 0 Å². The quantitative estimate of drug-likeness (QED) is 0.456. The monoisotopic (exact) mass is 419 g/mol. The molecule has 0 aliphatic heterocycles. The Balaban J connectivity index is 1.73. The van der Waals surface area contributed by atoms with Crippen LogP contribution in [0.2, 0.25) is 0 Å². The molecule has 7 nitrogen and oxygen atoms in total. The predicted molar refractivity (Wildman–Crippen MR) is 119 cm³/mol. The van der Waals surface area contributed by atoms with E-state index in [1.54, 1.807) is 10.6 Å². The van der Waals surface area contributed by atoms with E-state index in [1.165, 1.54) is 10.9 Å². The summed E-state index contributed by atoms with van der Waals surface area (Å²) >= 11 is 0. The van der Waals surface area contributed by atoms with Gasteiger partial charge in [-0.15, -0.1) is 5.10 Å². The van der Waals surface area contributed by atoms with Gasteiger partial charge >= 0.3 is 11.3 Å². The normalized spacial score (nSPS) is 11.3. The van der Waals surface area contributed by atoms with E-state index in [4.69, 9.17) is 9.15 Å². The lowest BCUT2D eigenvalue weighted by Crippen LogP contribution is -2.24. The van der Waals surface area contributed by atoms with Crippen molar-refractivity contribution in [2.75, 3.05) is 0 Å². The van der Waals surface area contributed by atoms with Crippen LogP contribution in [0.25, 0.3) is 16.5 Å². The molecule has 0 aliphatic rings. The van der Waals surface area contributed by atoms with Crippen molar-refractivity contribution < 1.29 is 9.15 Å². The van der Waals surface area contributed by atoms with Crippen LogP contribution in [0.1, 0.15) is 36.4 Å². The highest BCUT2D eigenvalue weighted by molar-refractivity contribution is 5.87. The van der Waals surface area contributed by atoms with Gasteiger partial charge in [-0.1, -0.05) is 37.3 Å². The van der Waals surface area contributed by atoms with Crippen LogP contribution in [0.3, 0.4) is 0 Å². The third kappa shape index (κ3) is 3.96. The molecule has 0 spiro atoms. The van der Waals surface area contributed by atoms with E-state index in [0.29, 0.717) is 36.5 Å². The number of aromatic nitrogens is 3. The Morgan fingerprint density at radius 3 is 2.52 bits per heavy atom. The topological polar surface area (TPSA) is 79.3 Å². The van der Waals surface area contributed by atoms with Crippen LogP contribution >= 0.6 is 0 Å². The fourth-order valence-electron chi connectivity index (χ4n) is 3.74. The Labute approximate surface area is 179 Å². The summed E-state index contributed by atoms with van der Waals surface area (Å²) < 4.78 is 14.0. The molecule has 31 heavy (non-hydrogen) atoms. The average molecular weight is 419 g/mol. The molecule has 0 saturated carbocycles. The summed E-state index contributed by atoms with van der Waals surface area (Å²) in [6, 6.07) is 13.5. The maximum Gasteiger partial charge on any atom is 0.350 e. The summed E-state index contributed by atoms with van der Waals surface area (Å²) in [4.78, 5) is 25.3. The number of rotatable bonds is 7. The van der Waals surface area contributed by atoms with Crippen molar-refractivity contribution in [2.24, 2.45) is 0 Å². The number of nitrogens with zero attached hydrogens (tertiary/aromatic N) is 3. The van der Waals surface area contributed by atoms with E-state index in [9.17, 15) is 9.59 Å².